The van der Waals surface area contributed by atoms with Crippen LogP contribution in [0.15, 0.2) is 54.5 Å². The van der Waals surface area contributed by atoms with Crippen LogP contribution in [-0.2, 0) is 11.2 Å². The largest absolute Gasteiger partial charge is 0.465 e. The first-order valence-electron chi connectivity index (χ1n) is 5.76. The van der Waals surface area contributed by atoms with Crippen LogP contribution in [0, 0.1) is 0 Å². The molecule has 0 aliphatic carbocycles. The highest BCUT2D eigenvalue weighted by atomic mass is 19.1. The van der Waals surface area contributed by atoms with Gasteiger partial charge in [-0.3, -0.25) is 4.98 Å². The number of hydrogen-bond donors (Lipinski definition) is 0. The van der Waals surface area contributed by atoms with Gasteiger partial charge in [0.15, 0.2) is 0 Å². The summed E-state index contributed by atoms with van der Waals surface area (Å²) in [6.07, 6.45) is 6.55. The first kappa shape index (κ1) is 14.8. The van der Waals surface area contributed by atoms with E-state index in [1.165, 1.54) is 20.1 Å². The average Bonchev–Trinajstić information content (AvgIpc) is 2.38. The molecular weight excluding hydrogens is 245 g/mol. The molecule has 0 aromatic carbocycles. The van der Waals surface area contributed by atoms with Crippen LogP contribution in [0.1, 0.15) is 23.0 Å². The van der Waals surface area contributed by atoms with Gasteiger partial charge >= 0.3 is 5.97 Å². The molecule has 1 aromatic heterocycles. The minimum Gasteiger partial charge on any atom is -0.465 e. The third-order valence-corrected chi connectivity index (χ3v) is 2.38. The number of carbonyl (C=O) groups is 1. The van der Waals surface area contributed by atoms with Gasteiger partial charge in [-0.05, 0) is 30.7 Å². The van der Waals surface area contributed by atoms with Crippen molar-refractivity contribution in [1.82, 2.24) is 4.98 Å². The van der Waals surface area contributed by atoms with E-state index in [4.69, 9.17) is 4.74 Å². The Bertz CT molecular complexity index is 529. The number of hydrogen-bond acceptors (Lipinski definition) is 3. The molecule has 3 nitrogen and oxygen atoms in total. The normalized spacial score (nSPS) is 12.2. The van der Waals surface area contributed by atoms with Gasteiger partial charge in [0, 0.05) is 12.6 Å². The van der Waals surface area contributed by atoms with Crippen molar-refractivity contribution in [2.24, 2.45) is 0 Å². The molecule has 1 heterocycles. The Morgan fingerprint density at radius 1 is 1.58 bits per heavy atom. The van der Waals surface area contributed by atoms with Crippen molar-refractivity contribution in [1.29, 1.82) is 0 Å². The van der Waals surface area contributed by atoms with Crippen molar-refractivity contribution >= 4 is 5.97 Å². The van der Waals surface area contributed by atoms with Gasteiger partial charge in [-0.1, -0.05) is 18.7 Å². The quantitative estimate of drug-likeness (QED) is 0.602. The van der Waals surface area contributed by atoms with E-state index in [1.54, 1.807) is 30.5 Å². The van der Waals surface area contributed by atoms with Crippen LogP contribution in [-0.4, -0.2) is 18.1 Å². The standard InChI is InChI=1S/C15H16FNO2/c1-4-6-12(9-11(2)16)10-14-13(15(18)19-3)7-5-8-17-14/h4-9H,1,10H2,2-3H3/b11-9+,12-6+. The summed E-state index contributed by atoms with van der Waals surface area (Å²) in [6, 6.07) is 3.29. The van der Waals surface area contributed by atoms with Crippen molar-refractivity contribution in [2.75, 3.05) is 7.11 Å². The van der Waals surface area contributed by atoms with Gasteiger partial charge in [0.1, 0.15) is 0 Å². The number of halogens is 1. The predicted molar refractivity (Wildman–Crippen MR) is 72.4 cm³/mol. The lowest BCUT2D eigenvalue weighted by molar-refractivity contribution is 0.0599. The molecular formula is C15H16FNO2. The molecule has 0 atom stereocenters. The summed E-state index contributed by atoms with van der Waals surface area (Å²) in [5, 5.41) is 0. The maximum atomic E-state index is 13.0. The molecule has 4 heteroatoms. The molecule has 0 radical (unpaired) electrons. The second kappa shape index (κ2) is 7.26. The number of pyridine rings is 1. The molecule has 1 aromatic rings. The maximum absolute atomic E-state index is 13.0. The fourth-order valence-corrected chi connectivity index (χ4v) is 1.63. The van der Waals surface area contributed by atoms with Crippen LogP contribution in [0.4, 0.5) is 4.39 Å². The number of methoxy groups -OCH3 is 1. The zero-order valence-electron chi connectivity index (χ0n) is 11.0. The summed E-state index contributed by atoms with van der Waals surface area (Å²) in [6.45, 7) is 4.94. The minimum absolute atomic E-state index is 0.316. The first-order chi connectivity index (χ1) is 9.08. The van der Waals surface area contributed by atoms with E-state index in [0.717, 1.165) is 0 Å². The van der Waals surface area contributed by atoms with Gasteiger partial charge in [0.05, 0.1) is 24.2 Å². The molecule has 19 heavy (non-hydrogen) atoms. The number of nitrogens with zero attached hydrogens (tertiary/aromatic N) is 1. The van der Waals surface area contributed by atoms with E-state index in [-0.39, 0.29) is 5.83 Å². The molecule has 0 N–H and O–H groups in total. The molecule has 0 amide bonds. The second-order valence-corrected chi connectivity index (χ2v) is 3.87. The third-order valence-electron chi connectivity index (χ3n) is 2.38. The Kier molecular flexibility index (Phi) is 5.67. The van der Waals surface area contributed by atoms with Crippen molar-refractivity contribution in [3.63, 3.8) is 0 Å². The summed E-state index contributed by atoms with van der Waals surface area (Å²) < 4.78 is 17.7. The molecule has 0 saturated carbocycles. The summed E-state index contributed by atoms with van der Waals surface area (Å²) in [5.41, 5.74) is 1.60. The minimum atomic E-state index is -0.456. The summed E-state index contributed by atoms with van der Waals surface area (Å²) in [7, 11) is 1.31. The SMILES string of the molecule is C=C/C=C(\C=C(/C)F)Cc1ncccc1C(=O)OC. The average molecular weight is 261 g/mol. The van der Waals surface area contributed by atoms with Gasteiger partial charge in [0.2, 0.25) is 0 Å². The number of ether oxygens (including phenoxy) is 1. The number of allylic oxidation sites excluding steroid dienone is 5. The number of carbonyl (C=O) groups excluding carboxylic acids is 1. The summed E-state index contributed by atoms with van der Waals surface area (Å²) in [5.74, 6) is -0.773. The highest BCUT2D eigenvalue weighted by Crippen LogP contribution is 2.15. The Labute approximate surface area is 112 Å². The Balaban J connectivity index is 3.10. The van der Waals surface area contributed by atoms with Crippen LogP contribution in [0.3, 0.4) is 0 Å². The predicted octanol–water partition coefficient (Wildman–Crippen LogP) is 3.40. The van der Waals surface area contributed by atoms with E-state index in [0.29, 0.717) is 23.3 Å². The smallest absolute Gasteiger partial charge is 0.339 e. The molecule has 0 unspecified atom stereocenters. The molecule has 0 spiro atoms. The Morgan fingerprint density at radius 2 is 2.32 bits per heavy atom. The fourth-order valence-electron chi connectivity index (χ4n) is 1.63. The fraction of sp³-hybridized carbons (Fsp3) is 0.200. The van der Waals surface area contributed by atoms with Gasteiger partial charge in [-0.2, -0.15) is 0 Å². The van der Waals surface area contributed by atoms with E-state index in [1.807, 2.05) is 0 Å². The van der Waals surface area contributed by atoms with Crippen LogP contribution >= 0.6 is 0 Å². The Hall–Kier alpha value is -2.23. The molecule has 1 rings (SSSR count). The number of rotatable bonds is 5. The zero-order chi connectivity index (χ0) is 14.3. The Morgan fingerprint density at radius 3 is 2.89 bits per heavy atom. The summed E-state index contributed by atoms with van der Waals surface area (Å²) >= 11 is 0. The lowest BCUT2D eigenvalue weighted by Gasteiger charge is -2.07. The van der Waals surface area contributed by atoms with Crippen LogP contribution < -0.4 is 0 Å². The molecule has 0 aliphatic heterocycles. The monoisotopic (exact) mass is 261 g/mol. The van der Waals surface area contributed by atoms with Crippen LogP contribution in [0.5, 0.6) is 0 Å². The first-order valence-corrected chi connectivity index (χ1v) is 5.76. The lowest BCUT2D eigenvalue weighted by Crippen LogP contribution is -2.08. The molecule has 0 bridgehead atoms. The van der Waals surface area contributed by atoms with Crippen LogP contribution in [0.25, 0.3) is 0 Å². The van der Waals surface area contributed by atoms with Gasteiger partial charge in [-0.25, -0.2) is 9.18 Å². The van der Waals surface area contributed by atoms with Gasteiger partial charge in [0.25, 0.3) is 0 Å². The zero-order valence-corrected chi connectivity index (χ0v) is 11.0. The van der Waals surface area contributed by atoms with Gasteiger partial charge in [-0.15, -0.1) is 0 Å². The topological polar surface area (TPSA) is 39.2 Å². The van der Waals surface area contributed by atoms with Crippen molar-refractivity contribution in [3.05, 3.63) is 65.8 Å². The summed E-state index contributed by atoms with van der Waals surface area (Å²) in [4.78, 5) is 15.8. The van der Waals surface area contributed by atoms with Crippen molar-refractivity contribution in [2.45, 2.75) is 13.3 Å². The molecule has 0 saturated heterocycles. The third kappa shape index (κ3) is 4.50. The van der Waals surface area contributed by atoms with E-state index >= 15 is 0 Å². The van der Waals surface area contributed by atoms with Gasteiger partial charge < -0.3 is 4.74 Å². The number of esters is 1. The van der Waals surface area contributed by atoms with E-state index in [2.05, 4.69) is 11.6 Å². The molecule has 100 valence electrons. The highest BCUT2D eigenvalue weighted by molar-refractivity contribution is 5.90. The number of aromatic nitrogens is 1. The molecule has 0 aliphatic rings. The maximum Gasteiger partial charge on any atom is 0.339 e. The lowest BCUT2D eigenvalue weighted by atomic mass is 10.0. The second-order valence-electron chi connectivity index (χ2n) is 3.87. The van der Waals surface area contributed by atoms with Crippen LogP contribution in [0.2, 0.25) is 0 Å². The van der Waals surface area contributed by atoms with E-state index in [9.17, 15) is 9.18 Å². The van der Waals surface area contributed by atoms with Crippen molar-refractivity contribution in [3.8, 4) is 0 Å². The molecule has 0 fully saturated rings. The highest BCUT2D eigenvalue weighted by Gasteiger charge is 2.13. The van der Waals surface area contributed by atoms with Crippen molar-refractivity contribution < 1.29 is 13.9 Å². The van der Waals surface area contributed by atoms with E-state index < -0.39 is 5.97 Å².